The molecule has 0 unspecified atom stereocenters. The SMILES string of the molecule is CCCCN(CCCC)c1ccc(/C=C/C=C/C=O)c(O)c1. The minimum atomic E-state index is 0.270. The van der Waals surface area contributed by atoms with Crippen LogP contribution in [-0.4, -0.2) is 24.5 Å². The van der Waals surface area contributed by atoms with Crippen molar-refractivity contribution in [2.45, 2.75) is 39.5 Å². The normalized spacial score (nSPS) is 11.4. The third-order valence-corrected chi connectivity index (χ3v) is 3.52. The summed E-state index contributed by atoms with van der Waals surface area (Å²) in [7, 11) is 0. The number of nitrogens with zero attached hydrogens (tertiary/aromatic N) is 1. The molecule has 1 aromatic rings. The summed E-state index contributed by atoms with van der Waals surface area (Å²) in [5.41, 5.74) is 1.82. The van der Waals surface area contributed by atoms with Crippen molar-refractivity contribution >= 4 is 18.0 Å². The van der Waals surface area contributed by atoms with Crippen LogP contribution in [0.4, 0.5) is 5.69 Å². The summed E-state index contributed by atoms with van der Waals surface area (Å²) in [6, 6.07) is 5.80. The van der Waals surface area contributed by atoms with Gasteiger partial charge in [0.2, 0.25) is 0 Å². The Labute approximate surface area is 134 Å². The average molecular weight is 301 g/mol. The second-order valence-corrected chi connectivity index (χ2v) is 5.32. The van der Waals surface area contributed by atoms with Gasteiger partial charge in [-0.2, -0.15) is 0 Å². The first-order valence-electron chi connectivity index (χ1n) is 8.09. The predicted octanol–water partition coefficient (Wildman–Crippen LogP) is 4.57. The fourth-order valence-electron chi connectivity index (χ4n) is 2.21. The van der Waals surface area contributed by atoms with E-state index in [1.54, 1.807) is 18.2 Å². The first kappa shape index (κ1) is 18.0. The molecule has 22 heavy (non-hydrogen) atoms. The van der Waals surface area contributed by atoms with Gasteiger partial charge in [-0.3, -0.25) is 4.79 Å². The van der Waals surface area contributed by atoms with Gasteiger partial charge < -0.3 is 10.0 Å². The number of phenolic OH excluding ortho intramolecular Hbond substituents is 1. The molecule has 0 heterocycles. The van der Waals surface area contributed by atoms with E-state index in [2.05, 4.69) is 18.7 Å². The van der Waals surface area contributed by atoms with Gasteiger partial charge in [0, 0.05) is 30.4 Å². The number of carbonyl (C=O) groups excluding carboxylic acids is 1. The second-order valence-electron chi connectivity index (χ2n) is 5.32. The molecule has 0 aliphatic rings. The number of phenols is 1. The quantitative estimate of drug-likeness (QED) is 0.391. The third-order valence-electron chi connectivity index (χ3n) is 3.52. The summed E-state index contributed by atoms with van der Waals surface area (Å²) in [4.78, 5) is 12.5. The lowest BCUT2D eigenvalue weighted by Gasteiger charge is -2.25. The minimum absolute atomic E-state index is 0.270. The van der Waals surface area contributed by atoms with Crippen LogP contribution in [0.5, 0.6) is 5.75 Å². The highest BCUT2D eigenvalue weighted by Gasteiger charge is 2.08. The van der Waals surface area contributed by atoms with Crippen LogP contribution in [0.15, 0.2) is 36.4 Å². The Bertz CT molecular complexity index is 498. The highest BCUT2D eigenvalue weighted by Crippen LogP contribution is 2.26. The standard InChI is InChI=1S/C19H27NO2/c1-3-5-13-20(14-6-4-2)18-12-11-17(19(22)16-18)10-8-7-9-15-21/h7-12,15-16,22H,3-6,13-14H2,1-2H3/b9-7+,10-8+. The summed E-state index contributed by atoms with van der Waals surface area (Å²) in [5, 5.41) is 10.2. The van der Waals surface area contributed by atoms with E-state index in [0.717, 1.165) is 43.5 Å². The van der Waals surface area contributed by atoms with Crippen LogP contribution in [0, 0.1) is 0 Å². The number of hydrogen-bond acceptors (Lipinski definition) is 3. The minimum Gasteiger partial charge on any atom is -0.507 e. The molecule has 0 amide bonds. The molecular formula is C19H27NO2. The number of anilines is 1. The summed E-state index contributed by atoms with van der Waals surface area (Å²) in [6.07, 6.45) is 12.0. The van der Waals surface area contributed by atoms with Gasteiger partial charge >= 0.3 is 0 Å². The number of rotatable bonds is 10. The van der Waals surface area contributed by atoms with Crippen LogP contribution >= 0.6 is 0 Å². The molecule has 0 aromatic heterocycles. The smallest absolute Gasteiger partial charge is 0.142 e. The monoisotopic (exact) mass is 301 g/mol. The summed E-state index contributed by atoms with van der Waals surface area (Å²) in [6.45, 7) is 6.42. The van der Waals surface area contributed by atoms with Crippen molar-refractivity contribution in [3.05, 3.63) is 42.0 Å². The third kappa shape index (κ3) is 6.17. The van der Waals surface area contributed by atoms with E-state index in [4.69, 9.17) is 0 Å². The van der Waals surface area contributed by atoms with Gasteiger partial charge in [-0.25, -0.2) is 0 Å². The Morgan fingerprint density at radius 1 is 1.05 bits per heavy atom. The zero-order valence-corrected chi connectivity index (χ0v) is 13.7. The molecular weight excluding hydrogens is 274 g/mol. The average Bonchev–Trinajstić information content (AvgIpc) is 2.53. The molecule has 0 saturated heterocycles. The molecule has 0 saturated carbocycles. The number of allylic oxidation sites excluding steroid dienone is 3. The van der Waals surface area contributed by atoms with Crippen molar-refractivity contribution in [1.29, 1.82) is 0 Å². The molecule has 0 aliphatic heterocycles. The van der Waals surface area contributed by atoms with Gasteiger partial charge in [-0.05, 0) is 31.1 Å². The van der Waals surface area contributed by atoms with Crippen molar-refractivity contribution in [2.75, 3.05) is 18.0 Å². The molecule has 120 valence electrons. The first-order valence-corrected chi connectivity index (χ1v) is 8.09. The Kier molecular flexibility index (Phi) is 8.73. The fourth-order valence-corrected chi connectivity index (χ4v) is 2.21. The Morgan fingerprint density at radius 3 is 2.27 bits per heavy atom. The molecule has 0 radical (unpaired) electrons. The van der Waals surface area contributed by atoms with Gasteiger partial charge in [-0.1, -0.05) is 44.9 Å². The molecule has 1 N–H and O–H groups in total. The van der Waals surface area contributed by atoms with Gasteiger partial charge in [-0.15, -0.1) is 0 Å². The van der Waals surface area contributed by atoms with Crippen molar-refractivity contribution < 1.29 is 9.90 Å². The molecule has 0 bridgehead atoms. The highest BCUT2D eigenvalue weighted by atomic mass is 16.3. The van der Waals surface area contributed by atoms with Crippen LogP contribution in [0.2, 0.25) is 0 Å². The van der Waals surface area contributed by atoms with Crippen molar-refractivity contribution in [3.63, 3.8) is 0 Å². The number of benzene rings is 1. The lowest BCUT2D eigenvalue weighted by molar-refractivity contribution is -0.104. The largest absolute Gasteiger partial charge is 0.507 e. The van der Waals surface area contributed by atoms with Crippen LogP contribution < -0.4 is 4.90 Å². The molecule has 1 aromatic carbocycles. The zero-order valence-electron chi connectivity index (χ0n) is 13.7. The maximum Gasteiger partial charge on any atom is 0.142 e. The highest BCUT2D eigenvalue weighted by molar-refractivity contribution is 5.67. The van der Waals surface area contributed by atoms with Crippen LogP contribution in [0.3, 0.4) is 0 Å². The van der Waals surface area contributed by atoms with Gasteiger partial charge in [0.05, 0.1) is 0 Å². The fraction of sp³-hybridized carbons (Fsp3) is 0.421. The van der Waals surface area contributed by atoms with E-state index in [-0.39, 0.29) is 5.75 Å². The van der Waals surface area contributed by atoms with E-state index < -0.39 is 0 Å². The van der Waals surface area contributed by atoms with E-state index in [1.807, 2.05) is 18.2 Å². The number of aromatic hydroxyl groups is 1. The number of carbonyl (C=O) groups is 1. The van der Waals surface area contributed by atoms with Crippen molar-refractivity contribution in [2.24, 2.45) is 0 Å². The predicted molar refractivity (Wildman–Crippen MR) is 94.4 cm³/mol. The lowest BCUT2D eigenvalue weighted by Crippen LogP contribution is -2.25. The summed E-state index contributed by atoms with van der Waals surface area (Å²) >= 11 is 0. The maximum absolute atomic E-state index is 10.2. The maximum atomic E-state index is 10.2. The Hall–Kier alpha value is -2.03. The Balaban J connectivity index is 2.84. The molecule has 3 heteroatoms. The van der Waals surface area contributed by atoms with Gasteiger partial charge in [0.25, 0.3) is 0 Å². The van der Waals surface area contributed by atoms with Gasteiger partial charge in [0.15, 0.2) is 0 Å². The Morgan fingerprint density at radius 2 is 1.73 bits per heavy atom. The van der Waals surface area contributed by atoms with Crippen LogP contribution in [0.1, 0.15) is 45.1 Å². The van der Waals surface area contributed by atoms with E-state index in [9.17, 15) is 9.90 Å². The van der Waals surface area contributed by atoms with Crippen LogP contribution in [-0.2, 0) is 4.79 Å². The van der Waals surface area contributed by atoms with Crippen molar-refractivity contribution in [3.8, 4) is 5.75 Å². The summed E-state index contributed by atoms with van der Waals surface area (Å²) < 4.78 is 0. The van der Waals surface area contributed by atoms with Gasteiger partial charge in [0.1, 0.15) is 12.0 Å². The molecule has 1 rings (SSSR count). The topological polar surface area (TPSA) is 40.5 Å². The number of hydrogen-bond donors (Lipinski definition) is 1. The second kappa shape index (κ2) is 10.7. The number of aldehydes is 1. The van der Waals surface area contributed by atoms with E-state index in [0.29, 0.717) is 0 Å². The molecule has 3 nitrogen and oxygen atoms in total. The van der Waals surface area contributed by atoms with E-state index >= 15 is 0 Å². The first-order chi connectivity index (χ1) is 10.7. The molecule has 0 fully saturated rings. The summed E-state index contributed by atoms with van der Waals surface area (Å²) in [5.74, 6) is 0.270. The molecule has 0 spiro atoms. The van der Waals surface area contributed by atoms with Crippen LogP contribution in [0.25, 0.3) is 6.08 Å². The lowest BCUT2D eigenvalue weighted by atomic mass is 10.1. The number of unbranched alkanes of at least 4 members (excludes halogenated alkanes) is 2. The van der Waals surface area contributed by atoms with E-state index in [1.165, 1.54) is 18.9 Å². The molecule has 0 atom stereocenters. The molecule has 0 aliphatic carbocycles. The van der Waals surface area contributed by atoms with Crippen molar-refractivity contribution in [1.82, 2.24) is 0 Å². The zero-order chi connectivity index (χ0) is 16.2.